The molecule has 10 nitrogen and oxygen atoms in total. The Morgan fingerprint density at radius 1 is 1.02 bits per heavy atom. The summed E-state index contributed by atoms with van der Waals surface area (Å²) >= 11 is 1.56. The van der Waals surface area contributed by atoms with Crippen LogP contribution in [0.1, 0.15) is 31.7 Å². The highest BCUT2D eigenvalue weighted by Crippen LogP contribution is 2.30. The molecule has 1 fully saturated rings. The Kier molecular flexibility index (Phi) is 11.6. The third-order valence-electron chi connectivity index (χ3n) is 7.76. The average Bonchev–Trinajstić information content (AvgIpc) is 3.52. The summed E-state index contributed by atoms with van der Waals surface area (Å²) in [7, 11) is 1.57. The van der Waals surface area contributed by atoms with Crippen LogP contribution in [-0.2, 0) is 25.6 Å². The number of nitrogens with one attached hydrogen (secondary N) is 3. The SMILES string of the molecule is COc1cc(NC(=O)[C@H](CCSC)NC(=O)[C@H](C)NC(=O)[C@@H]2CCCN2C(=O)[C@@H](N)Cc2ccccc2)cc2ccccc12. The number of benzene rings is 3. The lowest BCUT2D eigenvalue weighted by molar-refractivity contribution is -0.140. The van der Waals surface area contributed by atoms with E-state index in [4.69, 9.17) is 10.5 Å². The predicted octanol–water partition coefficient (Wildman–Crippen LogP) is 3.09. The first-order valence-electron chi connectivity index (χ1n) is 14.8. The molecule has 1 aliphatic rings. The average molecular weight is 620 g/mol. The molecule has 0 unspecified atom stereocenters. The van der Waals surface area contributed by atoms with Gasteiger partial charge in [0.1, 0.15) is 23.9 Å². The summed E-state index contributed by atoms with van der Waals surface area (Å²) < 4.78 is 5.52. The molecule has 3 aromatic rings. The monoisotopic (exact) mass is 619 g/mol. The summed E-state index contributed by atoms with van der Waals surface area (Å²) in [4.78, 5) is 54.4. The lowest BCUT2D eigenvalue weighted by atomic mass is 10.0. The van der Waals surface area contributed by atoms with Crippen LogP contribution in [0, 0.1) is 0 Å². The van der Waals surface area contributed by atoms with E-state index in [1.54, 1.807) is 31.9 Å². The fourth-order valence-electron chi connectivity index (χ4n) is 5.39. The quantitative estimate of drug-likeness (QED) is 0.230. The normalized spacial score (nSPS) is 16.5. The summed E-state index contributed by atoms with van der Waals surface area (Å²) in [5.74, 6) is -0.306. The van der Waals surface area contributed by atoms with Crippen molar-refractivity contribution in [2.75, 3.05) is 31.0 Å². The van der Waals surface area contributed by atoms with E-state index in [1.807, 2.05) is 66.9 Å². The predicted molar refractivity (Wildman–Crippen MR) is 175 cm³/mol. The van der Waals surface area contributed by atoms with Gasteiger partial charge in [-0.15, -0.1) is 0 Å². The van der Waals surface area contributed by atoms with E-state index in [0.29, 0.717) is 49.4 Å². The number of rotatable bonds is 13. The molecule has 4 amide bonds. The lowest BCUT2D eigenvalue weighted by Crippen LogP contribution is -2.56. The van der Waals surface area contributed by atoms with Gasteiger partial charge in [0.05, 0.1) is 13.2 Å². The van der Waals surface area contributed by atoms with Gasteiger partial charge >= 0.3 is 0 Å². The molecule has 11 heteroatoms. The number of carbonyl (C=O) groups excluding carboxylic acids is 4. The van der Waals surface area contributed by atoms with Crippen LogP contribution in [0.15, 0.2) is 66.7 Å². The van der Waals surface area contributed by atoms with Crippen molar-refractivity contribution in [1.29, 1.82) is 0 Å². The smallest absolute Gasteiger partial charge is 0.246 e. The molecule has 0 spiro atoms. The summed E-state index contributed by atoms with van der Waals surface area (Å²) in [6, 6.07) is 17.6. The molecule has 5 N–H and O–H groups in total. The van der Waals surface area contributed by atoms with Gasteiger partial charge in [-0.2, -0.15) is 11.8 Å². The second-order valence-corrected chi connectivity index (χ2v) is 11.9. The van der Waals surface area contributed by atoms with E-state index in [-0.39, 0.29) is 11.8 Å². The maximum atomic E-state index is 13.3. The molecule has 0 bridgehead atoms. The molecule has 1 aliphatic heterocycles. The van der Waals surface area contributed by atoms with Crippen molar-refractivity contribution in [2.45, 2.75) is 56.8 Å². The number of anilines is 1. The summed E-state index contributed by atoms with van der Waals surface area (Å²) in [6.45, 7) is 1.99. The number of ether oxygens (including phenoxy) is 1. The van der Waals surface area contributed by atoms with Crippen LogP contribution in [0.25, 0.3) is 10.8 Å². The van der Waals surface area contributed by atoms with Gasteiger partial charge in [-0.25, -0.2) is 0 Å². The van der Waals surface area contributed by atoms with Gasteiger partial charge in [-0.3, -0.25) is 19.2 Å². The molecule has 1 heterocycles. The number of hydrogen-bond acceptors (Lipinski definition) is 7. The second-order valence-electron chi connectivity index (χ2n) is 10.9. The van der Waals surface area contributed by atoms with Crippen molar-refractivity contribution in [1.82, 2.24) is 15.5 Å². The van der Waals surface area contributed by atoms with Crippen molar-refractivity contribution in [3.8, 4) is 5.75 Å². The molecule has 0 saturated carbocycles. The van der Waals surface area contributed by atoms with Crippen LogP contribution in [0.4, 0.5) is 5.69 Å². The number of likely N-dealkylation sites (tertiary alicyclic amines) is 1. The number of nitrogens with zero attached hydrogens (tertiary/aromatic N) is 1. The largest absolute Gasteiger partial charge is 0.496 e. The van der Waals surface area contributed by atoms with Gasteiger partial charge in [-0.1, -0.05) is 54.6 Å². The zero-order valence-corrected chi connectivity index (χ0v) is 26.2. The van der Waals surface area contributed by atoms with E-state index in [1.165, 1.54) is 4.90 Å². The first-order chi connectivity index (χ1) is 21.2. The van der Waals surface area contributed by atoms with Crippen LogP contribution in [0.3, 0.4) is 0 Å². The molecule has 4 atom stereocenters. The van der Waals surface area contributed by atoms with E-state index >= 15 is 0 Å². The standard InChI is InChI=1S/C33H41N5O5S/c1-21(35-32(41)28-14-9-16-38(28)33(42)26(34)18-22-10-5-4-6-11-22)30(39)37-27(15-17-44-3)31(40)36-24-19-23-12-7-8-13-25(23)29(20-24)43-2/h4-8,10-13,19-21,26-28H,9,14-18,34H2,1-3H3,(H,35,41)(H,36,40)(H,37,39)/t21-,26-,27-,28-/m0/s1. The van der Waals surface area contributed by atoms with Gasteiger partial charge in [-0.05, 0) is 61.6 Å². The lowest BCUT2D eigenvalue weighted by Gasteiger charge is -2.28. The number of methoxy groups -OCH3 is 1. The Balaban J connectivity index is 1.37. The number of thioether (sulfide) groups is 1. The van der Waals surface area contributed by atoms with Crippen molar-refractivity contribution >= 4 is 51.9 Å². The summed E-state index contributed by atoms with van der Waals surface area (Å²) in [6.07, 6.45) is 3.84. The molecule has 4 rings (SSSR count). The molecule has 0 aliphatic carbocycles. The Hall–Kier alpha value is -4.09. The van der Waals surface area contributed by atoms with Gasteiger partial charge in [0.25, 0.3) is 0 Å². The first-order valence-corrected chi connectivity index (χ1v) is 16.2. The summed E-state index contributed by atoms with van der Waals surface area (Å²) in [5.41, 5.74) is 7.72. The van der Waals surface area contributed by atoms with Crippen molar-refractivity contribution in [3.63, 3.8) is 0 Å². The first kappa shape index (κ1) is 32.8. The number of fused-ring (bicyclic) bond motifs is 1. The Morgan fingerprint density at radius 3 is 2.48 bits per heavy atom. The van der Waals surface area contributed by atoms with Gasteiger partial charge < -0.3 is 31.3 Å². The topological polar surface area (TPSA) is 143 Å². The van der Waals surface area contributed by atoms with Gasteiger partial charge in [0.15, 0.2) is 0 Å². The van der Waals surface area contributed by atoms with Crippen molar-refractivity contribution in [3.05, 3.63) is 72.3 Å². The Labute approximate surface area is 262 Å². The fourth-order valence-corrected chi connectivity index (χ4v) is 5.87. The van der Waals surface area contributed by atoms with Crippen molar-refractivity contribution in [2.24, 2.45) is 5.73 Å². The molecule has 0 radical (unpaired) electrons. The minimum Gasteiger partial charge on any atom is -0.496 e. The van der Waals surface area contributed by atoms with Crippen LogP contribution in [0.5, 0.6) is 5.75 Å². The van der Waals surface area contributed by atoms with E-state index in [0.717, 1.165) is 16.3 Å². The Morgan fingerprint density at radius 2 is 1.75 bits per heavy atom. The molecular formula is C33H41N5O5S. The number of carbonyl (C=O) groups is 4. The molecule has 234 valence electrons. The number of nitrogens with two attached hydrogens (primary N) is 1. The maximum absolute atomic E-state index is 13.3. The number of amides is 4. The number of hydrogen-bond donors (Lipinski definition) is 4. The van der Waals surface area contributed by atoms with E-state index < -0.39 is 36.0 Å². The van der Waals surface area contributed by atoms with Crippen LogP contribution in [0.2, 0.25) is 0 Å². The second kappa shape index (κ2) is 15.6. The molecule has 1 saturated heterocycles. The van der Waals surface area contributed by atoms with Gasteiger partial charge in [0.2, 0.25) is 23.6 Å². The molecular weight excluding hydrogens is 578 g/mol. The minimum absolute atomic E-state index is 0.289. The fraction of sp³-hybridized carbons (Fsp3) is 0.394. The van der Waals surface area contributed by atoms with E-state index in [9.17, 15) is 19.2 Å². The molecule has 44 heavy (non-hydrogen) atoms. The Bertz CT molecular complexity index is 1470. The van der Waals surface area contributed by atoms with Crippen LogP contribution >= 0.6 is 11.8 Å². The van der Waals surface area contributed by atoms with E-state index in [2.05, 4.69) is 16.0 Å². The molecule has 3 aromatic carbocycles. The highest BCUT2D eigenvalue weighted by molar-refractivity contribution is 7.98. The zero-order chi connectivity index (χ0) is 31.6. The maximum Gasteiger partial charge on any atom is 0.246 e. The van der Waals surface area contributed by atoms with Gasteiger partial charge in [0, 0.05) is 23.7 Å². The minimum atomic E-state index is -0.927. The summed E-state index contributed by atoms with van der Waals surface area (Å²) in [5, 5.41) is 10.3. The van der Waals surface area contributed by atoms with Crippen LogP contribution < -0.4 is 26.4 Å². The third-order valence-corrected chi connectivity index (χ3v) is 8.41. The van der Waals surface area contributed by atoms with Crippen LogP contribution in [-0.4, -0.2) is 78.4 Å². The third kappa shape index (κ3) is 8.29. The molecule has 0 aromatic heterocycles. The van der Waals surface area contributed by atoms with Crippen molar-refractivity contribution < 1.29 is 23.9 Å². The highest BCUT2D eigenvalue weighted by atomic mass is 32.2. The zero-order valence-electron chi connectivity index (χ0n) is 25.4. The highest BCUT2D eigenvalue weighted by Gasteiger charge is 2.37.